The molecule has 0 aromatic heterocycles. The molecule has 1 rings (SSSR count). The molecule has 0 amide bonds. The zero-order valence-corrected chi connectivity index (χ0v) is 12.4. The molecule has 0 heterocycles. The van der Waals surface area contributed by atoms with E-state index in [0.29, 0.717) is 0 Å². The van der Waals surface area contributed by atoms with Crippen LogP contribution < -0.4 is 0 Å². The fourth-order valence-corrected chi connectivity index (χ4v) is 2.34. The predicted octanol–water partition coefficient (Wildman–Crippen LogP) is 4.44. The lowest BCUT2D eigenvalue weighted by Gasteiger charge is -2.08. The molecule has 0 bridgehead atoms. The third-order valence-corrected chi connectivity index (χ3v) is 3.56. The molecule has 18 heavy (non-hydrogen) atoms. The van der Waals surface area contributed by atoms with Crippen LogP contribution in [0.3, 0.4) is 0 Å². The normalized spacial score (nSPS) is 11.1. The molecule has 0 spiro atoms. The van der Waals surface area contributed by atoms with Gasteiger partial charge >= 0.3 is 0 Å². The van der Waals surface area contributed by atoms with Crippen molar-refractivity contribution in [2.24, 2.45) is 0 Å². The standard InChI is InChI=1S/C17H29N/c1-16-12-9-10-14-17(16)13-8-6-4-5-7-11-15-18(2)3/h9-10,12,14H,4-8,11,13,15H2,1-3H3. The molecule has 102 valence electrons. The lowest BCUT2D eigenvalue weighted by Crippen LogP contribution is -2.12. The molecule has 0 aliphatic carbocycles. The van der Waals surface area contributed by atoms with Gasteiger partial charge in [-0.2, -0.15) is 0 Å². The number of hydrogen-bond acceptors (Lipinski definition) is 1. The summed E-state index contributed by atoms with van der Waals surface area (Å²) in [5, 5.41) is 0. The SMILES string of the molecule is Cc1ccccc1CCCCCCCCN(C)C. The van der Waals surface area contributed by atoms with Gasteiger partial charge < -0.3 is 4.90 Å². The average molecular weight is 247 g/mol. The Bertz CT molecular complexity index is 317. The minimum atomic E-state index is 1.24. The van der Waals surface area contributed by atoms with Crippen LogP contribution >= 0.6 is 0 Å². The summed E-state index contributed by atoms with van der Waals surface area (Å²) >= 11 is 0. The monoisotopic (exact) mass is 247 g/mol. The fraction of sp³-hybridized carbons (Fsp3) is 0.647. The molecule has 0 radical (unpaired) electrons. The van der Waals surface area contributed by atoms with E-state index in [9.17, 15) is 0 Å². The smallest absolute Gasteiger partial charge is 0.00248 e. The molecule has 0 fully saturated rings. The van der Waals surface area contributed by atoms with Gasteiger partial charge in [0, 0.05) is 0 Å². The Balaban J connectivity index is 1.98. The summed E-state index contributed by atoms with van der Waals surface area (Å²) in [5.41, 5.74) is 2.98. The van der Waals surface area contributed by atoms with E-state index in [4.69, 9.17) is 0 Å². The van der Waals surface area contributed by atoms with E-state index in [0.717, 1.165) is 0 Å². The predicted molar refractivity (Wildman–Crippen MR) is 81.1 cm³/mol. The fourth-order valence-electron chi connectivity index (χ4n) is 2.34. The Kier molecular flexibility index (Phi) is 7.75. The molecule has 1 nitrogen and oxygen atoms in total. The van der Waals surface area contributed by atoms with Crippen molar-refractivity contribution >= 4 is 0 Å². The average Bonchev–Trinajstić information content (AvgIpc) is 2.34. The zero-order chi connectivity index (χ0) is 13.2. The summed E-state index contributed by atoms with van der Waals surface area (Å²) in [5.74, 6) is 0. The third-order valence-electron chi connectivity index (χ3n) is 3.56. The lowest BCUT2D eigenvalue weighted by atomic mass is 10.0. The number of aryl methyl sites for hydroxylation is 2. The Morgan fingerprint density at radius 3 is 2.11 bits per heavy atom. The molecule has 0 N–H and O–H groups in total. The van der Waals surface area contributed by atoms with E-state index < -0.39 is 0 Å². The van der Waals surface area contributed by atoms with Crippen LogP contribution in [0, 0.1) is 6.92 Å². The van der Waals surface area contributed by atoms with Gasteiger partial charge in [-0.15, -0.1) is 0 Å². The van der Waals surface area contributed by atoms with Crippen molar-refractivity contribution in [3.8, 4) is 0 Å². The highest BCUT2D eigenvalue weighted by Crippen LogP contribution is 2.13. The van der Waals surface area contributed by atoms with Crippen LogP contribution in [0.1, 0.15) is 49.7 Å². The number of nitrogens with zero attached hydrogens (tertiary/aromatic N) is 1. The maximum absolute atomic E-state index is 2.28. The summed E-state index contributed by atoms with van der Waals surface area (Å²) in [6.07, 6.45) is 9.54. The van der Waals surface area contributed by atoms with Gasteiger partial charge in [-0.3, -0.25) is 0 Å². The Morgan fingerprint density at radius 2 is 1.44 bits per heavy atom. The summed E-state index contributed by atoms with van der Waals surface area (Å²) in [4.78, 5) is 2.28. The van der Waals surface area contributed by atoms with Crippen LogP contribution in [0.2, 0.25) is 0 Å². The molecule has 1 heteroatoms. The van der Waals surface area contributed by atoms with Gasteiger partial charge in [-0.1, -0.05) is 49.9 Å². The van der Waals surface area contributed by atoms with Gasteiger partial charge in [0.15, 0.2) is 0 Å². The van der Waals surface area contributed by atoms with Crippen LogP contribution in [0.25, 0.3) is 0 Å². The van der Waals surface area contributed by atoms with E-state index in [2.05, 4.69) is 50.2 Å². The number of rotatable bonds is 9. The van der Waals surface area contributed by atoms with Gasteiger partial charge in [0.2, 0.25) is 0 Å². The van der Waals surface area contributed by atoms with E-state index >= 15 is 0 Å². The highest BCUT2D eigenvalue weighted by molar-refractivity contribution is 5.25. The van der Waals surface area contributed by atoms with Crippen LogP contribution in [0.15, 0.2) is 24.3 Å². The van der Waals surface area contributed by atoms with Crippen LogP contribution in [-0.2, 0) is 6.42 Å². The van der Waals surface area contributed by atoms with Crippen molar-refractivity contribution in [2.75, 3.05) is 20.6 Å². The van der Waals surface area contributed by atoms with Crippen molar-refractivity contribution in [1.82, 2.24) is 4.90 Å². The summed E-state index contributed by atoms with van der Waals surface area (Å²) in [7, 11) is 4.31. The molecule has 0 saturated carbocycles. The summed E-state index contributed by atoms with van der Waals surface area (Å²) in [6, 6.07) is 8.77. The second-order valence-electron chi connectivity index (χ2n) is 5.60. The van der Waals surface area contributed by atoms with E-state index in [1.54, 1.807) is 0 Å². The van der Waals surface area contributed by atoms with Gasteiger partial charge in [0.05, 0.1) is 0 Å². The summed E-state index contributed by atoms with van der Waals surface area (Å²) in [6.45, 7) is 3.46. The van der Waals surface area contributed by atoms with Gasteiger partial charge in [0.1, 0.15) is 0 Å². The van der Waals surface area contributed by atoms with Crippen LogP contribution in [0.4, 0.5) is 0 Å². The third kappa shape index (κ3) is 6.80. The number of hydrogen-bond donors (Lipinski definition) is 0. The Labute approximate surface area is 113 Å². The molecule has 1 aromatic carbocycles. The van der Waals surface area contributed by atoms with Crippen molar-refractivity contribution in [1.29, 1.82) is 0 Å². The first-order valence-corrected chi connectivity index (χ1v) is 7.39. The first kappa shape index (κ1) is 15.2. The number of benzene rings is 1. The highest BCUT2D eigenvalue weighted by Gasteiger charge is 1.97. The molecule has 0 aliphatic heterocycles. The second kappa shape index (κ2) is 9.16. The van der Waals surface area contributed by atoms with Crippen molar-refractivity contribution in [2.45, 2.75) is 51.9 Å². The van der Waals surface area contributed by atoms with E-state index in [-0.39, 0.29) is 0 Å². The van der Waals surface area contributed by atoms with Crippen molar-refractivity contribution in [3.05, 3.63) is 35.4 Å². The maximum atomic E-state index is 2.28. The second-order valence-corrected chi connectivity index (χ2v) is 5.60. The molecule has 0 aliphatic rings. The largest absolute Gasteiger partial charge is 0.309 e. The first-order valence-electron chi connectivity index (χ1n) is 7.39. The minimum absolute atomic E-state index is 1.24. The molecular weight excluding hydrogens is 218 g/mol. The quantitative estimate of drug-likeness (QED) is 0.583. The number of unbranched alkanes of at least 4 members (excludes halogenated alkanes) is 5. The first-order chi connectivity index (χ1) is 8.70. The lowest BCUT2D eigenvalue weighted by molar-refractivity contribution is 0.389. The molecular formula is C17H29N. The van der Waals surface area contributed by atoms with Crippen LogP contribution in [-0.4, -0.2) is 25.5 Å². The highest BCUT2D eigenvalue weighted by atomic mass is 15.0. The Morgan fingerprint density at radius 1 is 0.833 bits per heavy atom. The van der Waals surface area contributed by atoms with E-state index in [1.807, 2.05) is 0 Å². The molecule has 0 saturated heterocycles. The minimum Gasteiger partial charge on any atom is -0.309 e. The van der Waals surface area contributed by atoms with Crippen molar-refractivity contribution in [3.63, 3.8) is 0 Å². The van der Waals surface area contributed by atoms with Crippen molar-refractivity contribution < 1.29 is 0 Å². The maximum Gasteiger partial charge on any atom is -0.00248 e. The zero-order valence-electron chi connectivity index (χ0n) is 12.4. The van der Waals surface area contributed by atoms with E-state index in [1.165, 1.54) is 62.6 Å². The van der Waals surface area contributed by atoms with Crippen LogP contribution in [0.5, 0.6) is 0 Å². The Hall–Kier alpha value is -0.820. The molecule has 0 atom stereocenters. The topological polar surface area (TPSA) is 3.24 Å². The van der Waals surface area contributed by atoms with Gasteiger partial charge in [0.25, 0.3) is 0 Å². The molecule has 1 aromatic rings. The summed E-state index contributed by atoms with van der Waals surface area (Å²) < 4.78 is 0. The van der Waals surface area contributed by atoms with Gasteiger partial charge in [-0.25, -0.2) is 0 Å². The molecule has 0 unspecified atom stereocenters. The van der Waals surface area contributed by atoms with Gasteiger partial charge in [-0.05, 0) is 58.0 Å².